The van der Waals surface area contributed by atoms with Crippen LogP contribution in [-0.4, -0.2) is 47.0 Å². The number of hydrogen-bond donors (Lipinski definition) is 1. The lowest BCUT2D eigenvalue weighted by molar-refractivity contribution is -0.127. The minimum atomic E-state index is -0.196. The molecule has 0 bridgehead atoms. The Hall–Kier alpha value is -1.85. The van der Waals surface area contributed by atoms with E-state index >= 15 is 0 Å². The molecule has 98 valence electrons. The molecule has 18 heavy (non-hydrogen) atoms. The largest absolute Gasteiger partial charge is 0.478 e. The molecule has 2 rings (SSSR count). The van der Waals surface area contributed by atoms with E-state index < -0.39 is 0 Å². The lowest BCUT2D eigenvalue weighted by atomic mass is 10.2. The van der Waals surface area contributed by atoms with Crippen molar-refractivity contribution in [2.45, 2.75) is 26.3 Å². The highest BCUT2D eigenvalue weighted by Gasteiger charge is 2.29. The summed E-state index contributed by atoms with van der Waals surface area (Å²) in [5, 5.41) is 3.17. The Morgan fingerprint density at radius 3 is 2.94 bits per heavy atom. The van der Waals surface area contributed by atoms with Crippen LogP contribution in [-0.2, 0) is 4.79 Å². The van der Waals surface area contributed by atoms with Crippen molar-refractivity contribution in [3.63, 3.8) is 0 Å². The van der Waals surface area contributed by atoms with E-state index in [0.717, 1.165) is 18.5 Å². The number of carbonyl (C=O) groups is 1. The lowest BCUT2D eigenvalue weighted by Crippen LogP contribution is -2.31. The van der Waals surface area contributed by atoms with Gasteiger partial charge in [0.05, 0.1) is 12.2 Å². The number of hydrogen-bond acceptors (Lipinski definition) is 5. The second-order valence-electron chi connectivity index (χ2n) is 4.33. The number of amides is 1. The first-order valence-corrected chi connectivity index (χ1v) is 6.09. The first kappa shape index (κ1) is 12.6. The van der Waals surface area contributed by atoms with E-state index in [9.17, 15) is 4.79 Å². The molecule has 1 aromatic rings. The van der Waals surface area contributed by atoms with E-state index in [-0.39, 0.29) is 11.9 Å². The molecule has 0 aliphatic carbocycles. The summed E-state index contributed by atoms with van der Waals surface area (Å²) >= 11 is 0. The molecule has 0 aromatic carbocycles. The van der Waals surface area contributed by atoms with Crippen LogP contribution in [0.2, 0.25) is 0 Å². The van der Waals surface area contributed by atoms with Crippen molar-refractivity contribution >= 4 is 11.7 Å². The SMILES string of the molecule is CCOc1ncnc(NC2CCN(C)C2=O)c1C. The number of carbonyl (C=O) groups excluding carboxylic acids is 1. The van der Waals surface area contributed by atoms with Crippen molar-refractivity contribution in [1.82, 2.24) is 14.9 Å². The van der Waals surface area contributed by atoms with Gasteiger partial charge in [-0.3, -0.25) is 4.79 Å². The van der Waals surface area contributed by atoms with Gasteiger partial charge >= 0.3 is 0 Å². The Morgan fingerprint density at radius 2 is 2.33 bits per heavy atom. The molecule has 0 saturated carbocycles. The number of nitrogens with one attached hydrogen (secondary N) is 1. The van der Waals surface area contributed by atoms with Crippen LogP contribution in [0.3, 0.4) is 0 Å². The van der Waals surface area contributed by atoms with Gasteiger partial charge < -0.3 is 15.0 Å². The van der Waals surface area contributed by atoms with Gasteiger partial charge in [-0.1, -0.05) is 0 Å². The number of rotatable bonds is 4. The number of likely N-dealkylation sites (tertiary alicyclic amines) is 1. The van der Waals surface area contributed by atoms with Crippen LogP contribution < -0.4 is 10.1 Å². The number of anilines is 1. The number of likely N-dealkylation sites (N-methyl/N-ethyl adjacent to an activating group) is 1. The van der Waals surface area contributed by atoms with Gasteiger partial charge in [-0.15, -0.1) is 0 Å². The van der Waals surface area contributed by atoms with Gasteiger partial charge in [0.1, 0.15) is 18.2 Å². The third-order valence-electron chi connectivity index (χ3n) is 3.06. The average molecular weight is 250 g/mol. The van der Waals surface area contributed by atoms with Crippen molar-refractivity contribution in [1.29, 1.82) is 0 Å². The van der Waals surface area contributed by atoms with Crippen LogP contribution >= 0.6 is 0 Å². The monoisotopic (exact) mass is 250 g/mol. The first-order valence-electron chi connectivity index (χ1n) is 6.09. The summed E-state index contributed by atoms with van der Waals surface area (Å²) in [6.07, 6.45) is 2.24. The molecule has 2 heterocycles. The van der Waals surface area contributed by atoms with Crippen LogP contribution in [0.5, 0.6) is 5.88 Å². The molecular formula is C12H18N4O2. The standard InChI is InChI=1S/C12H18N4O2/c1-4-18-11-8(2)10(13-7-14-11)15-9-5-6-16(3)12(9)17/h7,9H,4-6H2,1-3H3,(H,13,14,15). The highest BCUT2D eigenvalue weighted by atomic mass is 16.5. The third-order valence-corrected chi connectivity index (χ3v) is 3.06. The fraction of sp³-hybridized carbons (Fsp3) is 0.583. The summed E-state index contributed by atoms with van der Waals surface area (Å²) in [5.74, 6) is 1.34. The van der Waals surface area contributed by atoms with E-state index in [1.165, 1.54) is 6.33 Å². The van der Waals surface area contributed by atoms with Gasteiger partial charge in [-0.05, 0) is 20.3 Å². The van der Waals surface area contributed by atoms with Crippen molar-refractivity contribution in [3.05, 3.63) is 11.9 Å². The van der Waals surface area contributed by atoms with Crippen LogP contribution in [0.15, 0.2) is 6.33 Å². The fourth-order valence-electron chi connectivity index (χ4n) is 1.98. The van der Waals surface area contributed by atoms with E-state index in [2.05, 4.69) is 15.3 Å². The zero-order valence-corrected chi connectivity index (χ0v) is 10.9. The maximum Gasteiger partial charge on any atom is 0.244 e. The number of nitrogens with zero attached hydrogens (tertiary/aromatic N) is 3. The fourth-order valence-corrected chi connectivity index (χ4v) is 1.98. The molecule has 6 heteroatoms. The molecule has 1 aromatic heterocycles. The average Bonchev–Trinajstić information content (AvgIpc) is 2.66. The zero-order chi connectivity index (χ0) is 13.1. The Kier molecular flexibility index (Phi) is 3.64. The minimum Gasteiger partial charge on any atom is -0.478 e. The van der Waals surface area contributed by atoms with Crippen LogP contribution in [0.25, 0.3) is 0 Å². The quantitative estimate of drug-likeness (QED) is 0.857. The molecule has 1 saturated heterocycles. The summed E-state index contributed by atoms with van der Waals surface area (Å²) in [7, 11) is 1.81. The Bertz CT molecular complexity index is 450. The second kappa shape index (κ2) is 5.20. The Balaban J connectivity index is 2.14. The van der Waals surface area contributed by atoms with E-state index in [4.69, 9.17) is 4.74 Å². The van der Waals surface area contributed by atoms with E-state index in [0.29, 0.717) is 18.3 Å². The summed E-state index contributed by atoms with van der Waals surface area (Å²) < 4.78 is 5.40. The van der Waals surface area contributed by atoms with Gasteiger partial charge in [0.15, 0.2) is 0 Å². The highest BCUT2D eigenvalue weighted by Crippen LogP contribution is 2.22. The summed E-state index contributed by atoms with van der Waals surface area (Å²) in [6, 6.07) is -0.196. The van der Waals surface area contributed by atoms with Crippen molar-refractivity contribution in [3.8, 4) is 5.88 Å². The zero-order valence-electron chi connectivity index (χ0n) is 10.9. The van der Waals surface area contributed by atoms with Gasteiger partial charge in [0, 0.05) is 13.6 Å². The van der Waals surface area contributed by atoms with Crippen LogP contribution in [0.4, 0.5) is 5.82 Å². The molecule has 6 nitrogen and oxygen atoms in total. The molecule has 1 fully saturated rings. The summed E-state index contributed by atoms with van der Waals surface area (Å²) in [5.41, 5.74) is 0.835. The molecule has 1 N–H and O–H groups in total. The molecule has 1 amide bonds. The number of aromatic nitrogens is 2. The summed E-state index contributed by atoms with van der Waals surface area (Å²) in [4.78, 5) is 21.8. The molecular weight excluding hydrogens is 232 g/mol. The Morgan fingerprint density at radius 1 is 1.56 bits per heavy atom. The predicted molar refractivity (Wildman–Crippen MR) is 67.6 cm³/mol. The summed E-state index contributed by atoms with van der Waals surface area (Å²) in [6.45, 7) is 5.13. The predicted octanol–water partition coefficient (Wildman–Crippen LogP) is 0.826. The van der Waals surface area contributed by atoms with Gasteiger partial charge in [-0.25, -0.2) is 9.97 Å². The molecule has 1 atom stereocenters. The number of ether oxygens (including phenoxy) is 1. The van der Waals surface area contributed by atoms with Crippen molar-refractivity contribution in [2.24, 2.45) is 0 Å². The van der Waals surface area contributed by atoms with Crippen molar-refractivity contribution in [2.75, 3.05) is 25.5 Å². The third kappa shape index (κ3) is 2.37. The lowest BCUT2D eigenvalue weighted by Gasteiger charge is -2.15. The maximum absolute atomic E-state index is 11.8. The Labute approximate surface area is 106 Å². The molecule has 0 radical (unpaired) electrons. The van der Waals surface area contributed by atoms with Gasteiger partial charge in [0.25, 0.3) is 0 Å². The second-order valence-corrected chi connectivity index (χ2v) is 4.33. The van der Waals surface area contributed by atoms with Crippen LogP contribution in [0, 0.1) is 6.92 Å². The van der Waals surface area contributed by atoms with Crippen molar-refractivity contribution < 1.29 is 9.53 Å². The smallest absolute Gasteiger partial charge is 0.244 e. The van der Waals surface area contributed by atoms with E-state index in [1.807, 2.05) is 20.9 Å². The molecule has 0 spiro atoms. The topological polar surface area (TPSA) is 67.4 Å². The molecule has 1 aliphatic heterocycles. The molecule has 1 aliphatic rings. The minimum absolute atomic E-state index is 0.103. The normalized spacial score (nSPS) is 19.2. The molecule has 1 unspecified atom stereocenters. The van der Waals surface area contributed by atoms with Crippen LogP contribution in [0.1, 0.15) is 18.9 Å². The highest BCUT2D eigenvalue weighted by molar-refractivity contribution is 5.86. The van der Waals surface area contributed by atoms with Gasteiger partial charge in [-0.2, -0.15) is 0 Å². The van der Waals surface area contributed by atoms with Gasteiger partial charge in [0.2, 0.25) is 11.8 Å². The first-order chi connectivity index (χ1) is 8.63. The van der Waals surface area contributed by atoms with E-state index in [1.54, 1.807) is 4.90 Å². The maximum atomic E-state index is 11.8.